The standard InChI is InChI=1S/C19H15N2O2/c22-21(23)19-12-11-17(16-9-5-2-6-10-16)13-18(19)20-14-15-7-3-1-4-8-15/h1-5,7-13,20H,14H2. The highest BCUT2D eigenvalue weighted by Crippen LogP contribution is 2.30. The first-order valence-electron chi connectivity index (χ1n) is 7.27. The Morgan fingerprint density at radius 1 is 1.00 bits per heavy atom. The topological polar surface area (TPSA) is 55.2 Å². The smallest absolute Gasteiger partial charge is 0.292 e. The summed E-state index contributed by atoms with van der Waals surface area (Å²) in [6.07, 6.45) is 0. The molecule has 0 saturated heterocycles. The Morgan fingerprint density at radius 2 is 1.83 bits per heavy atom. The molecule has 0 atom stereocenters. The Kier molecular flexibility index (Phi) is 4.34. The zero-order valence-corrected chi connectivity index (χ0v) is 12.4. The number of nitro benzene ring substituents is 1. The van der Waals surface area contributed by atoms with Gasteiger partial charge in [-0.2, -0.15) is 0 Å². The lowest BCUT2D eigenvalue weighted by Crippen LogP contribution is -2.02. The summed E-state index contributed by atoms with van der Waals surface area (Å²) in [5.74, 6) is 0. The zero-order valence-electron chi connectivity index (χ0n) is 12.4. The lowest BCUT2D eigenvalue weighted by Gasteiger charge is -2.09. The molecule has 0 saturated carbocycles. The molecule has 0 fully saturated rings. The number of hydrogen-bond acceptors (Lipinski definition) is 3. The fraction of sp³-hybridized carbons (Fsp3) is 0.0526. The molecule has 0 spiro atoms. The van der Waals surface area contributed by atoms with Crippen molar-refractivity contribution in [3.8, 4) is 11.1 Å². The van der Waals surface area contributed by atoms with Crippen LogP contribution >= 0.6 is 0 Å². The van der Waals surface area contributed by atoms with E-state index in [1.807, 2.05) is 60.7 Å². The molecule has 4 heteroatoms. The van der Waals surface area contributed by atoms with Gasteiger partial charge in [0.15, 0.2) is 0 Å². The van der Waals surface area contributed by atoms with Gasteiger partial charge < -0.3 is 5.32 Å². The summed E-state index contributed by atoms with van der Waals surface area (Å²) < 4.78 is 0. The number of anilines is 1. The van der Waals surface area contributed by atoms with Crippen LogP contribution in [0.1, 0.15) is 5.56 Å². The van der Waals surface area contributed by atoms with E-state index in [-0.39, 0.29) is 10.6 Å². The SMILES string of the molecule is O=[N+]([O-])c1ccc(-c2c[c]ccc2)cc1NCc1ccccc1. The van der Waals surface area contributed by atoms with Crippen LogP contribution in [0.15, 0.2) is 72.8 Å². The maximum Gasteiger partial charge on any atom is 0.292 e. The van der Waals surface area contributed by atoms with Gasteiger partial charge in [-0.15, -0.1) is 0 Å². The minimum atomic E-state index is -0.367. The second kappa shape index (κ2) is 6.75. The van der Waals surface area contributed by atoms with Gasteiger partial charge in [0.25, 0.3) is 5.69 Å². The molecule has 3 aromatic carbocycles. The fourth-order valence-corrected chi connectivity index (χ4v) is 2.38. The minimum Gasteiger partial charge on any atom is -0.375 e. The van der Waals surface area contributed by atoms with Crippen LogP contribution in [0.4, 0.5) is 11.4 Å². The maximum absolute atomic E-state index is 11.2. The van der Waals surface area contributed by atoms with Crippen LogP contribution in [0, 0.1) is 16.2 Å². The van der Waals surface area contributed by atoms with E-state index in [0.717, 1.165) is 16.7 Å². The van der Waals surface area contributed by atoms with Gasteiger partial charge in [-0.3, -0.25) is 10.1 Å². The summed E-state index contributed by atoms with van der Waals surface area (Å²) in [5, 5.41) is 14.4. The van der Waals surface area contributed by atoms with Crippen LogP contribution < -0.4 is 5.32 Å². The van der Waals surface area contributed by atoms with Gasteiger partial charge in [0.05, 0.1) is 4.92 Å². The van der Waals surface area contributed by atoms with E-state index in [1.165, 1.54) is 6.07 Å². The van der Waals surface area contributed by atoms with Crippen molar-refractivity contribution in [2.45, 2.75) is 6.54 Å². The Balaban J connectivity index is 1.91. The van der Waals surface area contributed by atoms with E-state index >= 15 is 0 Å². The Bertz CT molecular complexity index is 802. The molecule has 4 nitrogen and oxygen atoms in total. The lowest BCUT2D eigenvalue weighted by molar-refractivity contribution is -0.384. The molecule has 1 N–H and O–H groups in total. The summed E-state index contributed by atoms with van der Waals surface area (Å²) in [6.45, 7) is 0.534. The number of rotatable bonds is 5. The van der Waals surface area contributed by atoms with E-state index in [1.54, 1.807) is 6.07 Å². The first-order valence-corrected chi connectivity index (χ1v) is 7.27. The van der Waals surface area contributed by atoms with Crippen molar-refractivity contribution in [1.29, 1.82) is 0 Å². The van der Waals surface area contributed by atoms with Gasteiger partial charge >= 0.3 is 0 Å². The Labute approximate surface area is 134 Å². The van der Waals surface area contributed by atoms with Crippen LogP contribution in [0.5, 0.6) is 0 Å². The molecular formula is C19H15N2O2. The van der Waals surface area contributed by atoms with E-state index in [9.17, 15) is 10.1 Å². The quantitative estimate of drug-likeness (QED) is 0.550. The van der Waals surface area contributed by atoms with Crippen LogP contribution in [-0.2, 0) is 6.54 Å². The summed E-state index contributed by atoms with van der Waals surface area (Å²) in [6, 6.07) is 25.5. The minimum absolute atomic E-state index is 0.0737. The summed E-state index contributed by atoms with van der Waals surface area (Å²) in [7, 11) is 0. The van der Waals surface area contributed by atoms with Crippen molar-refractivity contribution in [1.82, 2.24) is 0 Å². The maximum atomic E-state index is 11.2. The highest BCUT2D eigenvalue weighted by atomic mass is 16.6. The first kappa shape index (κ1) is 14.8. The van der Waals surface area contributed by atoms with Crippen LogP contribution in [0.3, 0.4) is 0 Å². The van der Waals surface area contributed by atoms with Gasteiger partial charge in [0.2, 0.25) is 0 Å². The van der Waals surface area contributed by atoms with Crippen LogP contribution in [0.2, 0.25) is 0 Å². The van der Waals surface area contributed by atoms with Crippen molar-refractivity contribution in [2.75, 3.05) is 5.32 Å². The number of benzene rings is 3. The van der Waals surface area contributed by atoms with Gasteiger partial charge in [-0.25, -0.2) is 0 Å². The van der Waals surface area contributed by atoms with Crippen molar-refractivity contribution in [2.24, 2.45) is 0 Å². The monoisotopic (exact) mass is 303 g/mol. The molecule has 113 valence electrons. The Morgan fingerprint density at radius 3 is 2.52 bits per heavy atom. The third-order valence-electron chi connectivity index (χ3n) is 3.56. The van der Waals surface area contributed by atoms with E-state index < -0.39 is 0 Å². The van der Waals surface area contributed by atoms with Gasteiger partial charge in [0, 0.05) is 12.6 Å². The molecular weight excluding hydrogens is 288 g/mol. The molecule has 0 bridgehead atoms. The van der Waals surface area contributed by atoms with Crippen molar-refractivity contribution in [3.63, 3.8) is 0 Å². The lowest BCUT2D eigenvalue weighted by atomic mass is 10.0. The summed E-state index contributed by atoms with van der Waals surface area (Å²) >= 11 is 0. The van der Waals surface area contributed by atoms with Crippen LogP contribution in [0.25, 0.3) is 11.1 Å². The third kappa shape index (κ3) is 3.55. The first-order chi connectivity index (χ1) is 11.2. The average molecular weight is 303 g/mol. The molecule has 0 amide bonds. The van der Waals surface area contributed by atoms with Crippen molar-refractivity contribution >= 4 is 11.4 Å². The van der Waals surface area contributed by atoms with E-state index in [0.29, 0.717) is 12.2 Å². The highest BCUT2D eigenvalue weighted by Gasteiger charge is 2.14. The van der Waals surface area contributed by atoms with Gasteiger partial charge in [0.1, 0.15) is 5.69 Å². The number of hydrogen-bond donors (Lipinski definition) is 1. The van der Waals surface area contributed by atoms with Crippen LogP contribution in [-0.4, -0.2) is 4.92 Å². The molecule has 3 rings (SSSR count). The Hall–Kier alpha value is -3.14. The van der Waals surface area contributed by atoms with E-state index in [4.69, 9.17) is 0 Å². The van der Waals surface area contributed by atoms with Gasteiger partial charge in [-0.05, 0) is 41.0 Å². The molecule has 0 aliphatic rings. The molecule has 23 heavy (non-hydrogen) atoms. The average Bonchev–Trinajstić information content (AvgIpc) is 2.61. The zero-order chi connectivity index (χ0) is 16.1. The van der Waals surface area contributed by atoms with Crippen molar-refractivity contribution in [3.05, 3.63) is 94.5 Å². The molecule has 0 heterocycles. The molecule has 0 unspecified atom stereocenters. The molecule has 0 aliphatic carbocycles. The normalized spacial score (nSPS) is 10.3. The third-order valence-corrected chi connectivity index (χ3v) is 3.56. The number of nitrogens with zero attached hydrogens (tertiary/aromatic N) is 1. The van der Waals surface area contributed by atoms with Crippen molar-refractivity contribution < 1.29 is 4.92 Å². The largest absolute Gasteiger partial charge is 0.375 e. The summed E-state index contributed by atoms with van der Waals surface area (Å²) in [4.78, 5) is 10.9. The highest BCUT2D eigenvalue weighted by molar-refractivity contribution is 5.74. The summed E-state index contributed by atoms with van der Waals surface area (Å²) in [5.41, 5.74) is 3.55. The number of nitro groups is 1. The second-order valence-electron chi connectivity index (χ2n) is 5.12. The molecule has 3 aromatic rings. The number of nitrogens with one attached hydrogen (secondary N) is 1. The fourth-order valence-electron chi connectivity index (χ4n) is 2.38. The molecule has 1 radical (unpaired) electrons. The van der Waals surface area contributed by atoms with E-state index in [2.05, 4.69) is 11.4 Å². The molecule has 0 aliphatic heterocycles. The predicted molar refractivity (Wildman–Crippen MR) is 91.1 cm³/mol. The predicted octanol–water partition coefficient (Wildman–Crippen LogP) is 4.67. The molecule has 0 aromatic heterocycles. The van der Waals surface area contributed by atoms with Gasteiger partial charge in [-0.1, -0.05) is 48.5 Å². The second-order valence-corrected chi connectivity index (χ2v) is 5.12.